The summed E-state index contributed by atoms with van der Waals surface area (Å²) in [5.74, 6) is -0.316. The van der Waals surface area contributed by atoms with Gasteiger partial charge in [-0.05, 0) is 70.3 Å². The van der Waals surface area contributed by atoms with Crippen molar-refractivity contribution in [1.82, 2.24) is 10.2 Å². The maximum Gasteiger partial charge on any atom is 0.255 e. The molecule has 0 fully saturated rings. The minimum Gasteiger partial charge on any atom is -0.351 e. The lowest BCUT2D eigenvalue weighted by atomic mass is 10.0. The van der Waals surface area contributed by atoms with Gasteiger partial charge in [0, 0.05) is 29.9 Å². The second-order valence-electron chi connectivity index (χ2n) is 6.86. The number of likely N-dealkylation sites (N-methyl/N-ethyl adjacent to an activating group) is 1. The van der Waals surface area contributed by atoms with Crippen LogP contribution in [0.25, 0.3) is 0 Å². The molecule has 2 rings (SSSR count). The molecule has 5 nitrogen and oxygen atoms in total. The maximum atomic E-state index is 12.5. The van der Waals surface area contributed by atoms with Gasteiger partial charge in [-0.3, -0.25) is 9.59 Å². The lowest BCUT2D eigenvalue weighted by Gasteiger charge is -2.13. The summed E-state index contributed by atoms with van der Waals surface area (Å²) in [5, 5.41) is 5.83. The van der Waals surface area contributed by atoms with E-state index in [2.05, 4.69) is 10.6 Å². The average Bonchev–Trinajstić information content (AvgIpc) is 2.57. The predicted octanol–water partition coefficient (Wildman–Crippen LogP) is 3.16. The van der Waals surface area contributed by atoms with E-state index in [4.69, 9.17) is 0 Å². The number of benzene rings is 2. The Labute approximate surface area is 155 Å². The van der Waals surface area contributed by atoms with Crippen LogP contribution >= 0.6 is 0 Å². The molecule has 0 unspecified atom stereocenters. The van der Waals surface area contributed by atoms with E-state index in [1.54, 1.807) is 24.3 Å². The predicted molar refractivity (Wildman–Crippen MR) is 106 cm³/mol. The molecule has 2 amide bonds. The first-order valence-corrected chi connectivity index (χ1v) is 8.70. The molecule has 5 heteroatoms. The molecule has 0 aliphatic heterocycles. The van der Waals surface area contributed by atoms with E-state index in [0.717, 1.165) is 23.4 Å². The summed E-state index contributed by atoms with van der Waals surface area (Å²) in [4.78, 5) is 26.6. The third-order valence-electron chi connectivity index (χ3n) is 4.17. The van der Waals surface area contributed by atoms with E-state index in [-0.39, 0.29) is 11.8 Å². The van der Waals surface area contributed by atoms with Crippen LogP contribution < -0.4 is 10.6 Å². The molecule has 138 valence electrons. The third kappa shape index (κ3) is 5.17. The number of nitrogens with zero attached hydrogens (tertiary/aromatic N) is 1. The Morgan fingerprint density at radius 3 is 1.88 bits per heavy atom. The van der Waals surface area contributed by atoms with Crippen LogP contribution in [-0.2, 0) is 0 Å². The quantitative estimate of drug-likeness (QED) is 0.839. The third-order valence-corrected chi connectivity index (χ3v) is 4.17. The number of anilines is 1. The SMILES string of the molecule is Cc1cc(C)c(NC(=O)c2ccc(C(=O)NCCN(C)C)cc2)c(C)c1. The van der Waals surface area contributed by atoms with Crippen molar-refractivity contribution < 1.29 is 9.59 Å². The zero-order chi connectivity index (χ0) is 19.3. The molecule has 0 bridgehead atoms. The summed E-state index contributed by atoms with van der Waals surface area (Å²) in [6.45, 7) is 7.36. The van der Waals surface area contributed by atoms with Crippen LogP contribution in [0.4, 0.5) is 5.69 Å². The van der Waals surface area contributed by atoms with Gasteiger partial charge in [0.1, 0.15) is 0 Å². The second kappa shape index (κ2) is 8.63. The fraction of sp³-hybridized carbons (Fsp3) is 0.333. The zero-order valence-corrected chi connectivity index (χ0v) is 16.1. The molecule has 0 saturated carbocycles. The number of aryl methyl sites for hydroxylation is 3. The molecule has 0 atom stereocenters. The molecule has 0 aromatic heterocycles. The topological polar surface area (TPSA) is 61.4 Å². The summed E-state index contributed by atoms with van der Waals surface area (Å²) >= 11 is 0. The monoisotopic (exact) mass is 353 g/mol. The number of amides is 2. The van der Waals surface area contributed by atoms with E-state index in [1.165, 1.54) is 5.56 Å². The van der Waals surface area contributed by atoms with Crippen LogP contribution in [0.2, 0.25) is 0 Å². The van der Waals surface area contributed by atoms with Gasteiger partial charge in [0.15, 0.2) is 0 Å². The molecule has 2 N–H and O–H groups in total. The Kier molecular flexibility index (Phi) is 6.52. The van der Waals surface area contributed by atoms with Crippen molar-refractivity contribution in [2.75, 3.05) is 32.5 Å². The number of carbonyl (C=O) groups excluding carboxylic acids is 2. The number of hydrogen-bond acceptors (Lipinski definition) is 3. The van der Waals surface area contributed by atoms with Crippen molar-refractivity contribution in [2.24, 2.45) is 0 Å². The number of carbonyl (C=O) groups is 2. The van der Waals surface area contributed by atoms with Crippen LogP contribution in [-0.4, -0.2) is 43.9 Å². The van der Waals surface area contributed by atoms with E-state index < -0.39 is 0 Å². The van der Waals surface area contributed by atoms with Gasteiger partial charge in [0.05, 0.1) is 0 Å². The minimum absolute atomic E-state index is 0.135. The van der Waals surface area contributed by atoms with Crippen molar-refractivity contribution in [2.45, 2.75) is 20.8 Å². The highest BCUT2D eigenvalue weighted by atomic mass is 16.2. The molecule has 0 radical (unpaired) electrons. The van der Waals surface area contributed by atoms with Gasteiger partial charge in [-0.1, -0.05) is 17.7 Å². The summed E-state index contributed by atoms with van der Waals surface area (Å²) in [7, 11) is 3.91. The van der Waals surface area contributed by atoms with Gasteiger partial charge in [-0.2, -0.15) is 0 Å². The lowest BCUT2D eigenvalue weighted by Crippen LogP contribution is -2.31. The van der Waals surface area contributed by atoms with Gasteiger partial charge in [-0.25, -0.2) is 0 Å². The lowest BCUT2D eigenvalue weighted by molar-refractivity contribution is 0.0949. The van der Waals surface area contributed by atoms with Crippen LogP contribution in [0.5, 0.6) is 0 Å². The standard InChI is InChI=1S/C21H27N3O2/c1-14-12-15(2)19(16(3)13-14)23-21(26)18-8-6-17(7-9-18)20(25)22-10-11-24(4)5/h6-9,12-13H,10-11H2,1-5H3,(H,22,25)(H,23,26). The van der Waals surface area contributed by atoms with Crippen LogP contribution in [0, 0.1) is 20.8 Å². The van der Waals surface area contributed by atoms with Crippen molar-refractivity contribution >= 4 is 17.5 Å². The average molecular weight is 353 g/mol. The van der Waals surface area contributed by atoms with Gasteiger partial charge >= 0.3 is 0 Å². The van der Waals surface area contributed by atoms with E-state index >= 15 is 0 Å². The largest absolute Gasteiger partial charge is 0.351 e. The fourth-order valence-corrected chi connectivity index (χ4v) is 2.83. The molecule has 0 heterocycles. The van der Waals surface area contributed by atoms with E-state index in [9.17, 15) is 9.59 Å². The number of nitrogens with one attached hydrogen (secondary N) is 2. The Bertz CT molecular complexity index is 772. The van der Waals surface area contributed by atoms with Gasteiger partial charge in [0.2, 0.25) is 0 Å². The summed E-state index contributed by atoms with van der Waals surface area (Å²) in [6, 6.07) is 10.8. The Morgan fingerprint density at radius 1 is 0.885 bits per heavy atom. The molecule has 2 aromatic rings. The molecule has 0 aliphatic rings. The molecule has 0 aliphatic carbocycles. The van der Waals surface area contributed by atoms with Crippen molar-refractivity contribution in [3.8, 4) is 0 Å². The normalized spacial score (nSPS) is 10.7. The Morgan fingerprint density at radius 2 is 1.38 bits per heavy atom. The van der Waals surface area contributed by atoms with Crippen molar-refractivity contribution in [3.63, 3.8) is 0 Å². The van der Waals surface area contributed by atoms with Crippen LogP contribution in [0.1, 0.15) is 37.4 Å². The van der Waals surface area contributed by atoms with Crippen molar-refractivity contribution in [1.29, 1.82) is 0 Å². The van der Waals surface area contributed by atoms with Crippen LogP contribution in [0.3, 0.4) is 0 Å². The molecular weight excluding hydrogens is 326 g/mol. The molecule has 26 heavy (non-hydrogen) atoms. The van der Waals surface area contributed by atoms with Gasteiger partial charge in [-0.15, -0.1) is 0 Å². The van der Waals surface area contributed by atoms with Gasteiger partial charge in [0.25, 0.3) is 11.8 Å². The molecule has 2 aromatic carbocycles. The van der Waals surface area contributed by atoms with E-state index in [0.29, 0.717) is 17.7 Å². The number of rotatable bonds is 6. The molecular formula is C21H27N3O2. The minimum atomic E-state index is -0.181. The zero-order valence-electron chi connectivity index (χ0n) is 16.1. The highest BCUT2D eigenvalue weighted by Crippen LogP contribution is 2.22. The highest BCUT2D eigenvalue weighted by molar-refractivity contribution is 6.05. The highest BCUT2D eigenvalue weighted by Gasteiger charge is 2.12. The Hall–Kier alpha value is -2.66. The first-order chi connectivity index (χ1) is 12.3. The van der Waals surface area contributed by atoms with Crippen LogP contribution in [0.15, 0.2) is 36.4 Å². The Balaban J connectivity index is 2.04. The maximum absolute atomic E-state index is 12.5. The first kappa shape index (κ1) is 19.7. The first-order valence-electron chi connectivity index (χ1n) is 8.70. The van der Waals surface area contributed by atoms with Gasteiger partial charge < -0.3 is 15.5 Å². The van der Waals surface area contributed by atoms with Crippen molar-refractivity contribution in [3.05, 3.63) is 64.2 Å². The summed E-state index contributed by atoms with van der Waals surface area (Å²) in [6.07, 6.45) is 0. The molecule has 0 saturated heterocycles. The molecule has 0 spiro atoms. The number of hydrogen-bond donors (Lipinski definition) is 2. The summed E-state index contributed by atoms with van der Waals surface area (Å²) < 4.78 is 0. The second-order valence-corrected chi connectivity index (χ2v) is 6.86. The fourth-order valence-electron chi connectivity index (χ4n) is 2.83. The van der Waals surface area contributed by atoms with E-state index in [1.807, 2.05) is 51.9 Å². The summed E-state index contributed by atoms with van der Waals surface area (Å²) in [5.41, 5.74) is 5.14. The smallest absolute Gasteiger partial charge is 0.255 e.